The number of hydrogen-bond donors (Lipinski definition) is 0. The maximum Gasteiger partial charge on any atom is 0.141 e. The minimum atomic E-state index is -1.91. The lowest BCUT2D eigenvalue weighted by molar-refractivity contribution is -0.00000526. The number of halogens is 1. The van der Waals surface area contributed by atoms with Gasteiger partial charge in [-0.05, 0) is 55.3 Å². The van der Waals surface area contributed by atoms with Crippen molar-refractivity contribution in [3.05, 3.63) is 101 Å². The second kappa shape index (κ2) is 11.4. The van der Waals surface area contributed by atoms with E-state index in [4.69, 9.17) is 0 Å². The molecule has 0 aliphatic rings. The van der Waals surface area contributed by atoms with Crippen molar-refractivity contribution in [3.8, 4) is 0 Å². The van der Waals surface area contributed by atoms with Crippen LogP contribution in [0, 0.1) is 0 Å². The molecule has 0 heterocycles. The maximum absolute atomic E-state index is 2.36. The summed E-state index contributed by atoms with van der Waals surface area (Å²) in [6.45, 7) is 4.59. The Balaban J connectivity index is 0.00000280. The topological polar surface area (TPSA) is 0 Å². The molecular formula is C24H26IPS2. The fourth-order valence-corrected chi connectivity index (χ4v) is 10.6. The summed E-state index contributed by atoms with van der Waals surface area (Å²) < 4.78 is 1.45. The van der Waals surface area contributed by atoms with Crippen molar-refractivity contribution < 1.29 is 24.0 Å². The number of rotatable bonds is 7. The summed E-state index contributed by atoms with van der Waals surface area (Å²) in [6, 6.07) is 33.3. The third-order valence-corrected chi connectivity index (χ3v) is 11.8. The van der Waals surface area contributed by atoms with Crippen LogP contribution in [-0.4, -0.2) is 12.0 Å². The van der Waals surface area contributed by atoms with E-state index in [1.165, 1.54) is 25.5 Å². The van der Waals surface area contributed by atoms with Crippen molar-refractivity contribution in [2.45, 2.75) is 13.8 Å². The molecule has 0 amide bonds. The number of benzene rings is 3. The average molecular weight is 536 g/mol. The molecule has 0 aliphatic heterocycles. The lowest BCUT2D eigenvalue weighted by atomic mass is 10.4. The number of thioether (sulfide) groups is 2. The summed E-state index contributed by atoms with van der Waals surface area (Å²) in [4.78, 5) is 0. The first-order chi connectivity index (χ1) is 13.2. The molecule has 0 atom stereocenters. The van der Waals surface area contributed by atoms with Crippen molar-refractivity contribution in [3.63, 3.8) is 0 Å². The Kier molecular flexibility index (Phi) is 9.62. The Morgan fingerprint density at radius 1 is 0.714 bits per heavy atom. The first-order valence-corrected chi connectivity index (χ1v) is 13.2. The molecule has 0 unspecified atom stereocenters. The molecule has 3 aromatic rings. The van der Waals surface area contributed by atoms with Crippen LogP contribution in [0.25, 0.3) is 0 Å². The molecule has 0 nitrogen and oxygen atoms in total. The van der Waals surface area contributed by atoms with Crippen LogP contribution in [0.2, 0.25) is 0 Å². The largest absolute Gasteiger partial charge is 1.00 e. The van der Waals surface area contributed by atoms with Gasteiger partial charge in [-0.3, -0.25) is 0 Å². The molecule has 0 saturated heterocycles. The van der Waals surface area contributed by atoms with E-state index in [1.54, 1.807) is 0 Å². The summed E-state index contributed by atoms with van der Waals surface area (Å²) in [5, 5.41) is 5.76. The van der Waals surface area contributed by atoms with Crippen molar-refractivity contribution in [1.29, 1.82) is 0 Å². The zero-order valence-corrected chi connectivity index (χ0v) is 21.2. The molecule has 0 aliphatic carbocycles. The predicted molar refractivity (Wildman–Crippen MR) is 129 cm³/mol. The van der Waals surface area contributed by atoms with Gasteiger partial charge >= 0.3 is 0 Å². The molecule has 4 heteroatoms. The Bertz CT molecular complexity index is 784. The molecule has 146 valence electrons. The Morgan fingerprint density at radius 3 is 1.36 bits per heavy atom. The van der Waals surface area contributed by atoms with E-state index in [0.29, 0.717) is 0 Å². The van der Waals surface area contributed by atoms with Crippen molar-refractivity contribution in [1.82, 2.24) is 0 Å². The zero-order chi connectivity index (χ0) is 19.1. The molecule has 0 saturated carbocycles. The minimum absolute atomic E-state index is 0. The van der Waals surface area contributed by atoms with Gasteiger partial charge < -0.3 is 24.0 Å². The van der Waals surface area contributed by atoms with Gasteiger partial charge in [-0.25, -0.2) is 0 Å². The summed E-state index contributed by atoms with van der Waals surface area (Å²) in [6.07, 6.45) is 2.21. The average Bonchev–Trinajstić information content (AvgIpc) is 2.75. The predicted octanol–water partition coefficient (Wildman–Crippen LogP) is 3.29. The van der Waals surface area contributed by atoms with Crippen LogP contribution < -0.4 is 39.9 Å². The fraction of sp³-hybridized carbons (Fsp3) is 0.167. The number of allylic oxidation sites excluding steroid dienone is 1. The van der Waals surface area contributed by atoms with Gasteiger partial charge in [0.05, 0.1) is 4.24 Å². The highest BCUT2D eigenvalue weighted by molar-refractivity contribution is 8.22. The molecule has 3 aromatic carbocycles. The molecule has 28 heavy (non-hydrogen) atoms. The summed E-state index contributed by atoms with van der Waals surface area (Å²) in [7, 11) is -1.91. The molecule has 3 rings (SSSR count). The molecule has 0 spiro atoms. The van der Waals surface area contributed by atoms with Crippen LogP contribution in [-0.2, 0) is 0 Å². The van der Waals surface area contributed by atoms with Gasteiger partial charge in [0.2, 0.25) is 0 Å². The highest BCUT2D eigenvalue weighted by atomic mass is 127. The van der Waals surface area contributed by atoms with Crippen molar-refractivity contribution in [2.24, 2.45) is 0 Å². The van der Waals surface area contributed by atoms with Crippen LogP contribution in [0.1, 0.15) is 13.8 Å². The lowest BCUT2D eigenvalue weighted by Gasteiger charge is -2.29. The molecule has 0 aromatic heterocycles. The van der Waals surface area contributed by atoms with Crippen LogP contribution >= 0.6 is 30.8 Å². The normalized spacial score (nSPS) is 12.1. The molecule has 0 radical (unpaired) electrons. The Hall–Kier alpha value is -0.740. The van der Waals surface area contributed by atoms with Crippen LogP contribution in [0.4, 0.5) is 0 Å². The lowest BCUT2D eigenvalue weighted by Crippen LogP contribution is -3.00. The second-order valence-corrected chi connectivity index (χ2v) is 12.1. The monoisotopic (exact) mass is 536 g/mol. The summed E-state index contributed by atoms with van der Waals surface area (Å²) >= 11 is 3.85. The maximum atomic E-state index is 2.36. The fourth-order valence-electron chi connectivity index (χ4n) is 3.56. The van der Waals surface area contributed by atoms with Gasteiger partial charge in [0.25, 0.3) is 0 Å². The standard InChI is InChI=1S/C24H26PS2.HI/c1-4-27-24(26-3)20(2)25(21-14-8-5-9-15-21,22-16-10-6-11-17-22)23-18-12-7-13-19-23;/h5-19H,4H2,1-3H3;1H/q+1;/p-1/b24-20-;. The quantitative estimate of drug-likeness (QED) is 0.336. The first kappa shape index (κ1) is 23.5. The van der Waals surface area contributed by atoms with Gasteiger partial charge in [0.1, 0.15) is 28.5 Å². The minimum Gasteiger partial charge on any atom is -1.00 e. The summed E-state index contributed by atoms with van der Waals surface area (Å²) in [5.74, 6) is 1.09. The van der Waals surface area contributed by atoms with E-state index in [2.05, 4.69) is 111 Å². The summed E-state index contributed by atoms with van der Waals surface area (Å²) in [5.41, 5.74) is 0. The zero-order valence-electron chi connectivity index (χ0n) is 16.5. The van der Waals surface area contributed by atoms with Gasteiger partial charge in [-0.15, -0.1) is 23.5 Å². The van der Waals surface area contributed by atoms with Crippen molar-refractivity contribution >= 4 is 46.7 Å². The van der Waals surface area contributed by atoms with Gasteiger partial charge in [0, 0.05) is 0 Å². The van der Waals surface area contributed by atoms with Crippen LogP contribution in [0.3, 0.4) is 0 Å². The Morgan fingerprint density at radius 2 is 1.07 bits per heavy atom. The second-order valence-electron chi connectivity index (χ2n) is 6.19. The molecule has 0 fully saturated rings. The van der Waals surface area contributed by atoms with Gasteiger partial charge in [-0.2, -0.15) is 0 Å². The SMILES string of the molecule is CCS/C(SC)=C(/C)[P+](c1ccccc1)(c1ccccc1)c1ccccc1.[I-]. The van der Waals surface area contributed by atoms with E-state index in [1.807, 2.05) is 23.5 Å². The smallest absolute Gasteiger partial charge is 0.141 e. The van der Waals surface area contributed by atoms with Gasteiger partial charge in [-0.1, -0.05) is 61.5 Å². The van der Waals surface area contributed by atoms with E-state index in [-0.39, 0.29) is 24.0 Å². The van der Waals surface area contributed by atoms with E-state index in [9.17, 15) is 0 Å². The third kappa shape index (κ3) is 4.70. The van der Waals surface area contributed by atoms with E-state index >= 15 is 0 Å². The van der Waals surface area contributed by atoms with E-state index < -0.39 is 7.26 Å². The highest BCUT2D eigenvalue weighted by Crippen LogP contribution is 2.64. The third-order valence-electron chi connectivity index (χ3n) is 4.69. The van der Waals surface area contributed by atoms with Crippen LogP contribution in [0.5, 0.6) is 0 Å². The number of hydrogen-bond acceptors (Lipinski definition) is 2. The van der Waals surface area contributed by atoms with Crippen molar-refractivity contribution in [2.75, 3.05) is 12.0 Å². The Labute approximate surface area is 196 Å². The molecular weight excluding hydrogens is 510 g/mol. The first-order valence-electron chi connectivity index (χ1n) is 9.19. The highest BCUT2D eigenvalue weighted by Gasteiger charge is 2.48. The van der Waals surface area contributed by atoms with Crippen LogP contribution in [0.15, 0.2) is 101 Å². The molecule has 0 bridgehead atoms. The molecule has 0 N–H and O–H groups in total. The van der Waals surface area contributed by atoms with E-state index in [0.717, 1.165) is 5.75 Å². The van der Waals surface area contributed by atoms with Gasteiger partial charge in [0.15, 0.2) is 0 Å².